The standard InChI is InChI=1S/C45H46Cl4N10O5/c1-26-32-24-30(6-8-36(32)54-44(50-26)58-16-12-56(3)13-17-58)52-42(61)40(63-38-10-4-28(46)22-34(38)48)41(64-39-11-5-29(47)23-35(39)49)43(62)53-31-7-9-37-33(25-31)27(2)51-45(55-37)59-18-14-57(15-19-59)20-21-60/h4-11,22-25,40-41,60H,12-21H2,1-3H3,(H,52,61)(H,53,62). The van der Waals surface area contributed by atoms with Gasteiger partial charge >= 0.3 is 0 Å². The normalized spacial score (nSPS) is 15.9. The third-order valence-electron chi connectivity index (χ3n) is 11.2. The number of nitrogens with one attached hydrogen (secondary N) is 2. The molecule has 64 heavy (non-hydrogen) atoms. The molecule has 0 bridgehead atoms. The first-order valence-electron chi connectivity index (χ1n) is 20.8. The summed E-state index contributed by atoms with van der Waals surface area (Å²) in [6.45, 7) is 11.0. The second kappa shape index (κ2) is 19.9. The number of piperazine rings is 2. The second-order valence-electron chi connectivity index (χ2n) is 15.7. The van der Waals surface area contributed by atoms with E-state index in [0.717, 1.165) is 63.4 Å². The van der Waals surface area contributed by atoms with E-state index in [1.54, 1.807) is 42.5 Å². The number of hydrogen-bond acceptors (Lipinski definition) is 13. The van der Waals surface area contributed by atoms with Gasteiger partial charge in [-0.25, -0.2) is 19.9 Å². The van der Waals surface area contributed by atoms with Gasteiger partial charge in [0.2, 0.25) is 24.1 Å². The highest BCUT2D eigenvalue weighted by atomic mass is 35.5. The molecular formula is C45H46Cl4N10O5. The number of carbonyl (C=O) groups is 2. The minimum atomic E-state index is -1.68. The number of benzene rings is 4. The predicted octanol–water partition coefficient (Wildman–Crippen LogP) is 7.14. The van der Waals surface area contributed by atoms with Crippen LogP contribution in [0.4, 0.5) is 23.3 Å². The van der Waals surface area contributed by atoms with Crippen molar-refractivity contribution in [2.24, 2.45) is 0 Å². The summed E-state index contributed by atoms with van der Waals surface area (Å²) < 4.78 is 12.7. The summed E-state index contributed by atoms with van der Waals surface area (Å²) >= 11 is 25.7. The minimum absolute atomic E-state index is 0.0666. The lowest BCUT2D eigenvalue weighted by Gasteiger charge is -2.34. The molecule has 2 fully saturated rings. The smallest absolute Gasteiger partial charge is 0.269 e. The maximum Gasteiger partial charge on any atom is 0.269 e. The predicted molar refractivity (Wildman–Crippen MR) is 253 cm³/mol. The topological polar surface area (TPSA) is 161 Å². The molecule has 2 amide bonds. The number of anilines is 4. The zero-order valence-electron chi connectivity index (χ0n) is 35.3. The zero-order chi connectivity index (χ0) is 45.1. The Morgan fingerprint density at radius 2 is 1.06 bits per heavy atom. The van der Waals surface area contributed by atoms with E-state index in [-0.39, 0.29) is 28.2 Å². The molecule has 0 aliphatic carbocycles. The molecule has 4 aromatic carbocycles. The average molecular weight is 949 g/mol. The van der Waals surface area contributed by atoms with Crippen LogP contribution in [-0.4, -0.2) is 131 Å². The van der Waals surface area contributed by atoms with Gasteiger partial charge in [0.05, 0.1) is 39.1 Å². The van der Waals surface area contributed by atoms with Crippen molar-refractivity contribution in [2.75, 3.05) is 93.0 Å². The zero-order valence-corrected chi connectivity index (χ0v) is 38.3. The van der Waals surface area contributed by atoms with Gasteiger partial charge in [0.25, 0.3) is 11.8 Å². The van der Waals surface area contributed by atoms with Crippen molar-refractivity contribution in [3.63, 3.8) is 0 Å². The monoisotopic (exact) mass is 946 g/mol. The number of halogens is 4. The van der Waals surface area contributed by atoms with Gasteiger partial charge in [-0.15, -0.1) is 0 Å². The summed E-state index contributed by atoms with van der Waals surface area (Å²) in [6, 6.07) is 19.6. The quantitative estimate of drug-likeness (QED) is 0.107. The van der Waals surface area contributed by atoms with E-state index in [1.165, 1.54) is 24.3 Å². The van der Waals surface area contributed by atoms with Crippen molar-refractivity contribution in [2.45, 2.75) is 26.1 Å². The first-order valence-corrected chi connectivity index (χ1v) is 22.3. The third-order valence-corrected chi connectivity index (χ3v) is 12.3. The van der Waals surface area contributed by atoms with Crippen LogP contribution in [0.15, 0.2) is 72.8 Å². The number of aliphatic hydroxyl groups is 1. The number of aromatic nitrogens is 4. The molecule has 4 heterocycles. The molecule has 2 aromatic heterocycles. The van der Waals surface area contributed by atoms with Crippen LogP contribution >= 0.6 is 46.4 Å². The molecule has 0 spiro atoms. The lowest BCUT2D eigenvalue weighted by Crippen LogP contribution is -2.51. The molecule has 8 rings (SSSR count). The van der Waals surface area contributed by atoms with E-state index in [1.807, 2.05) is 19.9 Å². The molecule has 2 aliphatic rings. The number of nitrogens with zero attached hydrogens (tertiary/aromatic N) is 8. The molecular weight excluding hydrogens is 902 g/mol. The van der Waals surface area contributed by atoms with Gasteiger partial charge in [-0.3, -0.25) is 14.5 Å². The summed E-state index contributed by atoms with van der Waals surface area (Å²) in [5.74, 6) is -0.0926. The summed E-state index contributed by atoms with van der Waals surface area (Å²) in [5.41, 5.74) is 3.62. The van der Waals surface area contributed by atoms with E-state index < -0.39 is 24.0 Å². The fraction of sp³-hybridized carbons (Fsp3) is 0.333. The lowest BCUT2D eigenvalue weighted by molar-refractivity contribution is -0.136. The maximum absolute atomic E-state index is 14.7. The van der Waals surface area contributed by atoms with Gasteiger partial charge in [-0.05, 0) is 93.7 Å². The van der Waals surface area contributed by atoms with Crippen molar-refractivity contribution in [3.8, 4) is 11.5 Å². The molecule has 3 N–H and O–H groups in total. The number of aliphatic hydroxyl groups excluding tert-OH is 1. The van der Waals surface area contributed by atoms with Gasteiger partial charge in [-0.1, -0.05) is 46.4 Å². The van der Waals surface area contributed by atoms with E-state index in [4.69, 9.17) is 75.8 Å². The van der Waals surface area contributed by atoms with Crippen molar-refractivity contribution < 1.29 is 24.2 Å². The highest BCUT2D eigenvalue weighted by Gasteiger charge is 2.39. The van der Waals surface area contributed by atoms with Crippen LogP contribution in [-0.2, 0) is 9.59 Å². The lowest BCUT2D eigenvalue weighted by atomic mass is 10.1. The second-order valence-corrected chi connectivity index (χ2v) is 17.4. The molecule has 6 aromatic rings. The van der Waals surface area contributed by atoms with Gasteiger partial charge < -0.3 is 39.9 Å². The molecule has 2 saturated heterocycles. The number of hydrogen-bond donors (Lipinski definition) is 3. The molecule has 19 heteroatoms. The van der Waals surface area contributed by atoms with Crippen LogP contribution in [0.5, 0.6) is 11.5 Å². The molecule has 15 nitrogen and oxygen atoms in total. The summed E-state index contributed by atoms with van der Waals surface area (Å²) in [7, 11) is 2.09. The van der Waals surface area contributed by atoms with Crippen LogP contribution in [0.2, 0.25) is 20.1 Å². The number of ether oxygens (including phenoxy) is 2. The Bertz CT molecular complexity index is 2700. The van der Waals surface area contributed by atoms with Crippen LogP contribution in [0.3, 0.4) is 0 Å². The van der Waals surface area contributed by atoms with E-state index in [2.05, 4.69) is 37.3 Å². The largest absolute Gasteiger partial charge is 0.474 e. The van der Waals surface area contributed by atoms with Gasteiger partial charge in [0.15, 0.2) is 0 Å². The van der Waals surface area contributed by atoms with E-state index in [0.29, 0.717) is 62.0 Å². The number of rotatable bonds is 13. The molecule has 0 saturated carbocycles. The molecule has 2 aliphatic heterocycles. The molecule has 0 radical (unpaired) electrons. The first-order chi connectivity index (χ1) is 30.8. The maximum atomic E-state index is 14.7. The van der Waals surface area contributed by atoms with Crippen molar-refractivity contribution in [1.29, 1.82) is 0 Å². The summed E-state index contributed by atoms with van der Waals surface area (Å²) in [5, 5.41) is 17.5. The number of fused-ring (bicyclic) bond motifs is 2. The van der Waals surface area contributed by atoms with Crippen LogP contribution in [0.1, 0.15) is 11.4 Å². The average Bonchev–Trinajstić information content (AvgIpc) is 3.27. The summed E-state index contributed by atoms with van der Waals surface area (Å²) in [6.07, 6.45) is -3.36. The Morgan fingerprint density at radius 3 is 1.48 bits per heavy atom. The Kier molecular flexibility index (Phi) is 14.1. The first kappa shape index (κ1) is 45.3. The fourth-order valence-corrected chi connectivity index (χ4v) is 8.54. The number of amides is 2. The Labute approximate surface area is 390 Å². The van der Waals surface area contributed by atoms with Crippen molar-refractivity contribution in [3.05, 3.63) is 104 Å². The Balaban J connectivity index is 1.11. The fourth-order valence-electron chi connectivity index (χ4n) is 7.64. The van der Waals surface area contributed by atoms with Crippen LogP contribution in [0.25, 0.3) is 21.8 Å². The highest BCUT2D eigenvalue weighted by molar-refractivity contribution is 6.36. The van der Waals surface area contributed by atoms with Gasteiger partial charge in [0.1, 0.15) is 11.5 Å². The van der Waals surface area contributed by atoms with Gasteiger partial charge in [-0.2, -0.15) is 0 Å². The van der Waals surface area contributed by atoms with E-state index >= 15 is 0 Å². The van der Waals surface area contributed by atoms with Crippen molar-refractivity contribution in [1.82, 2.24) is 29.7 Å². The molecule has 2 unspecified atom stereocenters. The van der Waals surface area contributed by atoms with Crippen LogP contribution < -0.4 is 29.9 Å². The molecule has 2 atom stereocenters. The minimum Gasteiger partial charge on any atom is -0.474 e. The Morgan fingerprint density at radius 1 is 0.625 bits per heavy atom. The van der Waals surface area contributed by atoms with Crippen molar-refractivity contribution >= 4 is 103 Å². The van der Waals surface area contributed by atoms with E-state index in [9.17, 15) is 14.7 Å². The van der Waals surface area contributed by atoms with Crippen LogP contribution in [0, 0.1) is 13.8 Å². The molecule has 334 valence electrons. The Hall–Kier alpha value is -5.26. The number of likely N-dealkylation sites (N-methyl/N-ethyl adjacent to an activating group) is 1. The highest BCUT2D eigenvalue weighted by Crippen LogP contribution is 2.33. The third kappa shape index (κ3) is 10.5. The number of β-amino-alcohol motifs (C(OH)–C–C–N with tert-alkyl or cyclic N) is 1. The number of carbonyl (C=O) groups excluding carboxylic acids is 2. The van der Waals surface area contributed by atoms with Gasteiger partial charge in [0, 0.05) is 91.1 Å². The number of aryl methyl sites for hydroxylation is 2. The summed E-state index contributed by atoms with van der Waals surface area (Å²) in [4.78, 5) is 57.4. The SMILES string of the molecule is Cc1nc(N2CCN(C)CC2)nc2ccc(NC(=O)C(Oc3ccc(Cl)cc3Cl)C(Oc3ccc(Cl)cc3Cl)C(=O)Nc3ccc4nc(N5CCN(CCO)CC5)nc(C)c4c3)cc12.